The number of hydrogen-bond donors (Lipinski definition) is 2. The molecule has 1 unspecified atom stereocenters. The van der Waals surface area contributed by atoms with Crippen LogP contribution in [0.5, 0.6) is 0 Å². The SMILES string of the molecule is CCC(NC(=O)C1CCN(S(N)(=O)=O)CC1)c1ccc(Cl)cc1. The third-order valence-electron chi connectivity index (χ3n) is 4.18. The molecule has 1 aliphatic heterocycles. The second kappa shape index (κ2) is 7.61. The average molecular weight is 360 g/mol. The zero-order chi connectivity index (χ0) is 17.0. The van der Waals surface area contributed by atoms with E-state index >= 15 is 0 Å². The molecular weight excluding hydrogens is 338 g/mol. The molecule has 1 aromatic rings. The number of nitrogens with zero attached hydrogens (tertiary/aromatic N) is 1. The summed E-state index contributed by atoms with van der Waals surface area (Å²) >= 11 is 5.89. The van der Waals surface area contributed by atoms with E-state index in [-0.39, 0.29) is 31.0 Å². The van der Waals surface area contributed by atoms with Gasteiger partial charge in [0.25, 0.3) is 10.2 Å². The van der Waals surface area contributed by atoms with Gasteiger partial charge in [0.05, 0.1) is 6.04 Å². The van der Waals surface area contributed by atoms with Gasteiger partial charge < -0.3 is 5.32 Å². The highest BCUT2D eigenvalue weighted by Crippen LogP contribution is 2.23. The fraction of sp³-hybridized carbons (Fsp3) is 0.533. The first-order valence-corrected chi connectivity index (χ1v) is 9.53. The summed E-state index contributed by atoms with van der Waals surface area (Å²) in [5, 5.41) is 8.81. The zero-order valence-corrected chi connectivity index (χ0v) is 14.6. The topological polar surface area (TPSA) is 92.5 Å². The minimum Gasteiger partial charge on any atom is -0.349 e. The maximum absolute atomic E-state index is 12.4. The summed E-state index contributed by atoms with van der Waals surface area (Å²) in [7, 11) is -3.66. The van der Waals surface area contributed by atoms with Crippen LogP contribution >= 0.6 is 11.6 Å². The molecule has 3 N–H and O–H groups in total. The van der Waals surface area contributed by atoms with Gasteiger partial charge in [0.2, 0.25) is 5.91 Å². The second-order valence-corrected chi connectivity index (χ2v) is 7.72. The van der Waals surface area contributed by atoms with Crippen LogP contribution in [-0.4, -0.2) is 31.7 Å². The molecule has 0 aromatic heterocycles. The van der Waals surface area contributed by atoms with Crippen LogP contribution in [-0.2, 0) is 15.0 Å². The molecule has 0 radical (unpaired) electrons. The van der Waals surface area contributed by atoms with Crippen LogP contribution < -0.4 is 10.5 Å². The maximum atomic E-state index is 12.4. The Kier molecular flexibility index (Phi) is 6.02. The zero-order valence-electron chi connectivity index (χ0n) is 13.0. The third kappa shape index (κ3) is 4.91. The number of nitrogens with one attached hydrogen (secondary N) is 1. The van der Waals surface area contributed by atoms with E-state index in [1.165, 1.54) is 4.31 Å². The van der Waals surface area contributed by atoms with Crippen molar-refractivity contribution in [3.05, 3.63) is 34.9 Å². The molecule has 1 aromatic carbocycles. The molecule has 0 aliphatic carbocycles. The second-order valence-electron chi connectivity index (χ2n) is 5.74. The minimum atomic E-state index is -3.66. The minimum absolute atomic E-state index is 0.0409. The van der Waals surface area contributed by atoms with Crippen LogP contribution in [0.1, 0.15) is 37.8 Å². The van der Waals surface area contributed by atoms with Crippen LogP contribution in [0.25, 0.3) is 0 Å². The van der Waals surface area contributed by atoms with E-state index in [0.717, 1.165) is 12.0 Å². The molecule has 1 atom stereocenters. The number of halogens is 1. The summed E-state index contributed by atoms with van der Waals surface area (Å²) in [5.74, 6) is -0.227. The molecule has 8 heteroatoms. The van der Waals surface area contributed by atoms with E-state index < -0.39 is 10.2 Å². The van der Waals surface area contributed by atoms with Gasteiger partial charge in [-0.25, -0.2) is 5.14 Å². The Morgan fingerprint density at radius 2 is 1.91 bits per heavy atom. The summed E-state index contributed by atoms with van der Waals surface area (Å²) in [6, 6.07) is 7.34. The highest BCUT2D eigenvalue weighted by Gasteiger charge is 2.30. The predicted molar refractivity (Wildman–Crippen MR) is 90.0 cm³/mol. The molecule has 1 saturated heterocycles. The number of rotatable bonds is 5. The van der Waals surface area contributed by atoms with Crippen LogP contribution in [0.3, 0.4) is 0 Å². The summed E-state index contributed by atoms with van der Waals surface area (Å²) in [6.07, 6.45) is 1.74. The molecule has 6 nitrogen and oxygen atoms in total. The Morgan fingerprint density at radius 1 is 1.35 bits per heavy atom. The molecule has 23 heavy (non-hydrogen) atoms. The third-order valence-corrected chi connectivity index (χ3v) is 5.52. The largest absolute Gasteiger partial charge is 0.349 e. The van der Waals surface area contributed by atoms with Gasteiger partial charge in [-0.15, -0.1) is 0 Å². The van der Waals surface area contributed by atoms with Crippen molar-refractivity contribution >= 4 is 27.7 Å². The van der Waals surface area contributed by atoms with E-state index in [9.17, 15) is 13.2 Å². The van der Waals surface area contributed by atoms with Gasteiger partial charge in [-0.1, -0.05) is 30.7 Å². The molecule has 1 heterocycles. The molecule has 128 valence electrons. The van der Waals surface area contributed by atoms with Crippen molar-refractivity contribution in [2.24, 2.45) is 11.1 Å². The van der Waals surface area contributed by atoms with Gasteiger partial charge in [-0.05, 0) is 37.0 Å². The molecule has 0 saturated carbocycles. The monoisotopic (exact) mass is 359 g/mol. The van der Waals surface area contributed by atoms with Gasteiger partial charge >= 0.3 is 0 Å². The summed E-state index contributed by atoms with van der Waals surface area (Å²) < 4.78 is 23.8. The fourth-order valence-corrected chi connectivity index (χ4v) is 3.62. The van der Waals surface area contributed by atoms with Gasteiger partial charge in [-0.2, -0.15) is 12.7 Å². The van der Waals surface area contributed by atoms with Gasteiger partial charge in [-0.3, -0.25) is 4.79 Å². The first-order chi connectivity index (χ1) is 10.8. The quantitative estimate of drug-likeness (QED) is 0.839. The normalized spacial score (nSPS) is 18.6. The number of benzene rings is 1. The van der Waals surface area contributed by atoms with E-state index in [2.05, 4.69) is 5.32 Å². The highest BCUT2D eigenvalue weighted by atomic mass is 35.5. The summed E-state index contributed by atoms with van der Waals surface area (Å²) in [5.41, 5.74) is 1.01. The lowest BCUT2D eigenvalue weighted by molar-refractivity contribution is -0.126. The van der Waals surface area contributed by atoms with Crippen molar-refractivity contribution in [2.75, 3.05) is 13.1 Å². The fourth-order valence-electron chi connectivity index (χ4n) is 2.78. The molecule has 1 amide bonds. The number of carbonyl (C=O) groups excluding carboxylic acids is 1. The van der Waals surface area contributed by atoms with Gasteiger partial charge in [0.1, 0.15) is 0 Å². The first kappa shape index (κ1) is 18.2. The highest BCUT2D eigenvalue weighted by molar-refractivity contribution is 7.86. The van der Waals surface area contributed by atoms with E-state index in [1.54, 1.807) is 12.1 Å². The van der Waals surface area contributed by atoms with Crippen LogP contribution in [0, 0.1) is 5.92 Å². The van der Waals surface area contributed by atoms with Crippen molar-refractivity contribution in [2.45, 2.75) is 32.2 Å². The standard InChI is InChI=1S/C15H22ClN3O3S/c1-2-14(11-3-5-13(16)6-4-11)18-15(20)12-7-9-19(10-8-12)23(17,21)22/h3-6,12,14H,2,7-10H2,1H3,(H,18,20)(H2,17,21,22). The van der Waals surface area contributed by atoms with Gasteiger partial charge in [0.15, 0.2) is 0 Å². The lowest BCUT2D eigenvalue weighted by Gasteiger charge is -2.30. The molecule has 0 bridgehead atoms. The number of nitrogens with two attached hydrogens (primary N) is 1. The van der Waals surface area contributed by atoms with E-state index in [0.29, 0.717) is 17.9 Å². The molecular formula is C15H22ClN3O3S. The number of hydrogen-bond acceptors (Lipinski definition) is 3. The van der Waals surface area contributed by atoms with E-state index in [1.807, 2.05) is 19.1 Å². The Hall–Kier alpha value is -1.15. The van der Waals surface area contributed by atoms with Crippen molar-refractivity contribution in [3.63, 3.8) is 0 Å². The summed E-state index contributed by atoms with van der Waals surface area (Å²) in [6.45, 7) is 2.58. The molecule has 0 spiro atoms. The maximum Gasteiger partial charge on any atom is 0.276 e. The Balaban J connectivity index is 1.94. The van der Waals surface area contributed by atoms with Crippen molar-refractivity contribution in [3.8, 4) is 0 Å². The molecule has 1 aliphatic rings. The molecule has 2 rings (SSSR count). The van der Waals surface area contributed by atoms with Crippen LogP contribution in [0.4, 0.5) is 0 Å². The van der Waals surface area contributed by atoms with Crippen molar-refractivity contribution in [1.29, 1.82) is 0 Å². The number of amides is 1. The number of carbonyl (C=O) groups is 1. The lowest BCUT2D eigenvalue weighted by atomic mass is 9.96. The van der Waals surface area contributed by atoms with Crippen LogP contribution in [0.15, 0.2) is 24.3 Å². The molecule has 1 fully saturated rings. The van der Waals surface area contributed by atoms with Gasteiger partial charge in [0, 0.05) is 24.0 Å². The van der Waals surface area contributed by atoms with Crippen LogP contribution in [0.2, 0.25) is 5.02 Å². The average Bonchev–Trinajstić information content (AvgIpc) is 2.52. The summed E-state index contributed by atoms with van der Waals surface area (Å²) in [4.78, 5) is 12.4. The Morgan fingerprint density at radius 3 is 2.39 bits per heavy atom. The van der Waals surface area contributed by atoms with Crippen molar-refractivity contribution in [1.82, 2.24) is 9.62 Å². The Bertz CT molecular complexity index is 640. The predicted octanol–water partition coefficient (Wildman–Crippen LogP) is 1.82. The smallest absolute Gasteiger partial charge is 0.276 e. The number of piperidine rings is 1. The van der Waals surface area contributed by atoms with E-state index in [4.69, 9.17) is 16.7 Å². The van der Waals surface area contributed by atoms with Crippen molar-refractivity contribution < 1.29 is 13.2 Å². The lowest BCUT2D eigenvalue weighted by Crippen LogP contribution is -2.45. The Labute approximate surface area is 142 Å². The first-order valence-electron chi connectivity index (χ1n) is 7.65.